The van der Waals surface area contributed by atoms with Crippen LogP contribution in [-0.2, 0) is 4.74 Å². The zero-order chi connectivity index (χ0) is 14.9. The van der Waals surface area contributed by atoms with Gasteiger partial charge in [-0.3, -0.25) is 5.41 Å². The molecule has 20 heavy (non-hydrogen) atoms. The second-order valence-electron chi connectivity index (χ2n) is 5.68. The number of nitrogens with two attached hydrogens (primary N) is 1. The van der Waals surface area contributed by atoms with E-state index in [0.29, 0.717) is 5.92 Å². The fourth-order valence-corrected chi connectivity index (χ4v) is 2.91. The van der Waals surface area contributed by atoms with Crippen molar-refractivity contribution in [2.45, 2.75) is 33.3 Å². The van der Waals surface area contributed by atoms with Crippen molar-refractivity contribution < 1.29 is 4.74 Å². The number of aryl methyl sites for hydroxylation is 2. The maximum atomic E-state index is 7.82. The summed E-state index contributed by atoms with van der Waals surface area (Å²) in [6.45, 7) is 7.90. The fourth-order valence-electron chi connectivity index (χ4n) is 2.91. The van der Waals surface area contributed by atoms with Crippen molar-refractivity contribution in [2.24, 2.45) is 11.7 Å². The maximum Gasteiger partial charge on any atom is 0.140 e. The molecule has 0 saturated carbocycles. The highest BCUT2D eigenvalue weighted by Gasteiger charge is 2.28. The summed E-state index contributed by atoms with van der Waals surface area (Å²) in [6.07, 6.45) is 1.26. The number of nitrogens with one attached hydrogen (secondary N) is 1. The van der Waals surface area contributed by atoms with E-state index in [9.17, 15) is 0 Å². The molecule has 0 radical (unpaired) electrons. The third-order valence-corrected chi connectivity index (χ3v) is 4.09. The molecule has 2 unspecified atom stereocenters. The number of hydrogen-bond acceptors (Lipinski definition) is 4. The standard InChI is InChI=1S/C15H24N4O/c1-9-5-6-19(8-12(9)20-4)15-13(14(16)17)10(2)7-11(3)18-15/h7,9,12H,5-6,8H2,1-4H3,(H3,16,17). The molecule has 1 aliphatic heterocycles. The van der Waals surface area contributed by atoms with E-state index in [1.165, 1.54) is 0 Å². The molecule has 1 aliphatic rings. The zero-order valence-electron chi connectivity index (χ0n) is 12.7. The predicted octanol–water partition coefficient (Wildman–Crippen LogP) is 1.84. The average molecular weight is 276 g/mol. The first-order valence-corrected chi connectivity index (χ1v) is 7.04. The molecule has 1 saturated heterocycles. The Morgan fingerprint density at radius 3 is 2.80 bits per heavy atom. The summed E-state index contributed by atoms with van der Waals surface area (Å²) in [6, 6.07) is 1.97. The molecule has 1 fully saturated rings. The van der Waals surface area contributed by atoms with Crippen molar-refractivity contribution in [3.8, 4) is 0 Å². The summed E-state index contributed by atoms with van der Waals surface area (Å²) in [4.78, 5) is 6.82. The van der Waals surface area contributed by atoms with Crippen LogP contribution >= 0.6 is 0 Å². The molecule has 0 aliphatic carbocycles. The molecular weight excluding hydrogens is 252 g/mol. The van der Waals surface area contributed by atoms with Gasteiger partial charge in [0.15, 0.2) is 0 Å². The molecular formula is C15H24N4O. The second kappa shape index (κ2) is 5.79. The lowest BCUT2D eigenvalue weighted by Crippen LogP contribution is -2.45. The molecule has 2 atom stereocenters. The number of aromatic nitrogens is 1. The first-order valence-electron chi connectivity index (χ1n) is 7.04. The highest BCUT2D eigenvalue weighted by molar-refractivity contribution is 6.01. The Balaban J connectivity index is 2.39. The van der Waals surface area contributed by atoms with E-state index in [1.807, 2.05) is 19.9 Å². The summed E-state index contributed by atoms with van der Waals surface area (Å²) in [5.41, 5.74) is 8.46. The van der Waals surface area contributed by atoms with Gasteiger partial charge in [0.2, 0.25) is 0 Å². The number of hydrogen-bond donors (Lipinski definition) is 2. The van der Waals surface area contributed by atoms with Crippen LogP contribution in [0.25, 0.3) is 0 Å². The first-order chi connectivity index (χ1) is 9.43. The molecule has 110 valence electrons. The number of nitrogens with zero attached hydrogens (tertiary/aromatic N) is 2. The Bertz CT molecular complexity index is 515. The Labute approximate surface area is 120 Å². The van der Waals surface area contributed by atoms with E-state index < -0.39 is 0 Å². The Kier molecular flexibility index (Phi) is 4.28. The van der Waals surface area contributed by atoms with Gasteiger partial charge in [-0.2, -0.15) is 0 Å². The quantitative estimate of drug-likeness (QED) is 0.652. The average Bonchev–Trinajstić information content (AvgIpc) is 2.37. The second-order valence-corrected chi connectivity index (χ2v) is 5.68. The number of pyridine rings is 1. The van der Waals surface area contributed by atoms with Crippen LogP contribution in [0, 0.1) is 25.2 Å². The van der Waals surface area contributed by atoms with Gasteiger partial charge in [0.1, 0.15) is 11.7 Å². The first kappa shape index (κ1) is 14.8. The topological polar surface area (TPSA) is 75.2 Å². The smallest absolute Gasteiger partial charge is 0.140 e. The molecule has 5 nitrogen and oxygen atoms in total. The number of piperidine rings is 1. The van der Waals surface area contributed by atoms with Crippen LogP contribution in [0.4, 0.5) is 5.82 Å². The third kappa shape index (κ3) is 2.77. The minimum atomic E-state index is 0.0811. The maximum absolute atomic E-state index is 7.82. The summed E-state index contributed by atoms with van der Waals surface area (Å²) < 4.78 is 5.56. The van der Waals surface area contributed by atoms with Crippen LogP contribution in [-0.4, -0.2) is 37.1 Å². The number of anilines is 1. The van der Waals surface area contributed by atoms with E-state index in [1.54, 1.807) is 7.11 Å². The molecule has 0 bridgehead atoms. The molecule has 2 heterocycles. The molecule has 2 rings (SSSR count). The van der Waals surface area contributed by atoms with E-state index in [2.05, 4.69) is 16.8 Å². The number of methoxy groups -OCH3 is 1. The van der Waals surface area contributed by atoms with E-state index in [4.69, 9.17) is 15.9 Å². The Morgan fingerprint density at radius 1 is 1.50 bits per heavy atom. The van der Waals surface area contributed by atoms with Gasteiger partial charge in [0, 0.05) is 25.9 Å². The molecule has 0 aromatic carbocycles. The molecule has 5 heteroatoms. The van der Waals surface area contributed by atoms with Crippen molar-refractivity contribution in [2.75, 3.05) is 25.1 Å². The van der Waals surface area contributed by atoms with Crippen molar-refractivity contribution in [1.29, 1.82) is 5.41 Å². The number of nitrogen functional groups attached to an aromatic ring is 1. The minimum absolute atomic E-state index is 0.0811. The Morgan fingerprint density at radius 2 is 2.20 bits per heavy atom. The van der Waals surface area contributed by atoms with Crippen molar-refractivity contribution in [1.82, 2.24) is 4.98 Å². The number of amidine groups is 1. The van der Waals surface area contributed by atoms with Gasteiger partial charge in [-0.25, -0.2) is 4.98 Å². The number of rotatable bonds is 3. The van der Waals surface area contributed by atoms with Crippen LogP contribution in [0.3, 0.4) is 0 Å². The van der Waals surface area contributed by atoms with Crippen LogP contribution in [0.5, 0.6) is 0 Å². The zero-order valence-corrected chi connectivity index (χ0v) is 12.7. The SMILES string of the molecule is COC1CN(c2nc(C)cc(C)c2C(=N)N)CCC1C. The van der Waals surface area contributed by atoms with Crippen molar-refractivity contribution in [3.05, 3.63) is 22.9 Å². The highest BCUT2D eigenvalue weighted by Crippen LogP contribution is 2.28. The molecule has 3 N–H and O–H groups in total. The summed E-state index contributed by atoms with van der Waals surface area (Å²) >= 11 is 0. The minimum Gasteiger partial charge on any atom is -0.384 e. The highest BCUT2D eigenvalue weighted by atomic mass is 16.5. The monoisotopic (exact) mass is 276 g/mol. The van der Waals surface area contributed by atoms with E-state index in [0.717, 1.165) is 42.1 Å². The van der Waals surface area contributed by atoms with Crippen molar-refractivity contribution >= 4 is 11.7 Å². The largest absolute Gasteiger partial charge is 0.384 e. The van der Waals surface area contributed by atoms with Crippen LogP contribution < -0.4 is 10.6 Å². The molecule has 0 spiro atoms. The summed E-state index contributed by atoms with van der Waals surface area (Å²) in [5.74, 6) is 1.45. The molecule has 1 aromatic heterocycles. The Hall–Kier alpha value is -1.62. The fraction of sp³-hybridized carbons (Fsp3) is 0.600. The summed E-state index contributed by atoms with van der Waals surface area (Å²) in [5, 5.41) is 7.82. The number of ether oxygens (including phenoxy) is 1. The van der Waals surface area contributed by atoms with Gasteiger partial charge in [-0.05, 0) is 37.8 Å². The normalized spacial score (nSPS) is 22.9. The van der Waals surface area contributed by atoms with Crippen molar-refractivity contribution in [3.63, 3.8) is 0 Å². The third-order valence-electron chi connectivity index (χ3n) is 4.09. The molecule has 1 aromatic rings. The van der Waals surface area contributed by atoms with Crippen LogP contribution in [0.15, 0.2) is 6.07 Å². The van der Waals surface area contributed by atoms with Crippen LogP contribution in [0.1, 0.15) is 30.2 Å². The lowest BCUT2D eigenvalue weighted by molar-refractivity contribution is 0.0496. The lowest BCUT2D eigenvalue weighted by Gasteiger charge is -2.38. The summed E-state index contributed by atoms with van der Waals surface area (Å²) in [7, 11) is 1.76. The molecule has 0 amide bonds. The van der Waals surface area contributed by atoms with Crippen LogP contribution in [0.2, 0.25) is 0 Å². The van der Waals surface area contributed by atoms with Gasteiger partial charge >= 0.3 is 0 Å². The van der Waals surface area contributed by atoms with Gasteiger partial charge in [-0.15, -0.1) is 0 Å². The predicted molar refractivity (Wildman–Crippen MR) is 81.5 cm³/mol. The van der Waals surface area contributed by atoms with Gasteiger partial charge in [0.25, 0.3) is 0 Å². The van der Waals surface area contributed by atoms with E-state index in [-0.39, 0.29) is 11.9 Å². The van der Waals surface area contributed by atoms with Gasteiger partial charge < -0.3 is 15.4 Å². The van der Waals surface area contributed by atoms with Gasteiger partial charge in [-0.1, -0.05) is 6.92 Å². The lowest BCUT2D eigenvalue weighted by atomic mass is 9.95. The van der Waals surface area contributed by atoms with E-state index >= 15 is 0 Å². The van der Waals surface area contributed by atoms with Gasteiger partial charge in [0.05, 0.1) is 11.7 Å².